The molecule has 0 atom stereocenters. The maximum absolute atomic E-state index is 5.92. The lowest BCUT2D eigenvalue weighted by Gasteiger charge is -2.07. The molecule has 0 N–H and O–H groups in total. The number of hydrogen-bond donors (Lipinski definition) is 0. The summed E-state index contributed by atoms with van der Waals surface area (Å²) >= 11 is 0. The summed E-state index contributed by atoms with van der Waals surface area (Å²) in [6.07, 6.45) is 29.2. The van der Waals surface area contributed by atoms with Gasteiger partial charge in [0.05, 0.1) is 13.2 Å². The Morgan fingerprint density at radius 2 is 0.763 bits per heavy atom. The molecule has 38 heavy (non-hydrogen) atoms. The standard InChI is InChI=1S/C32H54N2O2.2BrH/c1-3-5-7-9-11-15-23-33-25-19-31(20-26-33)35-29-17-13-14-18-30-36-32-21-27-34(28-22-32)24-16-12-10-8-6-4-2;;/h19-22,25-28H,3-18,23-24,29-30H2,1-2H3;2*1H/q+2;;/p-2. The van der Waals surface area contributed by atoms with Gasteiger partial charge in [0.1, 0.15) is 24.6 Å². The molecule has 0 saturated carbocycles. The molecule has 0 spiro atoms. The number of unbranched alkanes of at least 4 members (excludes halogenated alkanes) is 13. The Morgan fingerprint density at radius 1 is 0.447 bits per heavy atom. The minimum atomic E-state index is 0. The highest BCUT2D eigenvalue weighted by Gasteiger charge is 2.04. The molecule has 2 aromatic rings. The number of rotatable bonds is 23. The van der Waals surface area contributed by atoms with Gasteiger partial charge in [-0.3, -0.25) is 0 Å². The van der Waals surface area contributed by atoms with Crippen molar-refractivity contribution >= 4 is 0 Å². The topological polar surface area (TPSA) is 26.2 Å². The SMILES string of the molecule is CCCCCCCC[n+]1ccc(OCCCCCCOc2cc[n+](CCCCCCCC)cc2)cc1.[Br-].[Br-]. The first kappa shape index (κ1) is 36.9. The molecule has 0 amide bonds. The Morgan fingerprint density at radius 3 is 1.13 bits per heavy atom. The molecule has 4 nitrogen and oxygen atoms in total. The van der Waals surface area contributed by atoms with Crippen molar-refractivity contribution in [1.29, 1.82) is 0 Å². The van der Waals surface area contributed by atoms with Gasteiger partial charge in [-0.15, -0.1) is 0 Å². The smallest absolute Gasteiger partial charge is 0.172 e. The molecule has 2 rings (SSSR count). The van der Waals surface area contributed by atoms with Crippen LogP contribution in [-0.2, 0) is 13.1 Å². The molecule has 0 aliphatic carbocycles. The molecule has 0 aliphatic rings. The van der Waals surface area contributed by atoms with Gasteiger partial charge in [0, 0.05) is 37.1 Å². The van der Waals surface area contributed by atoms with E-state index >= 15 is 0 Å². The summed E-state index contributed by atoms with van der Waals surface area (Å²) in [5, 5.41) is 0. The van der Waals surface area contributed by atoms with Gasteiger partial charge in [0.15, 0.2) is 24.8 Å². The Balaban J connectivity index is 0.00000684. The van der Waals surface area contributed by atoms with Crippen molar-refractivity contribution in [1.82, 2.24) is 0 Å². The van der Waals surface area contributed by atoms with Gasteiger partial charge < -0.3 is 43.4 Å². The Hall–Kier alpha value is -1.14. The number of halogens is 2. The van der Waals surface area contributed by atoms with Gasteiger partial charge in [0.2, 0.25) is 0 Å². The predicted octanol–water partition coefficient (Wildman–Crippen LogP) is 2.01. The van der Waals surface area contributed by atoms with Crippen LogP contribution in [0.2, 0.25) is 0 Å². The molecule has 0 unspecified atom stereocenters. The van der Waals surface area contributed by atoms with Gasteiger partial charge in [0.25, 0.3) is 0 Å². The zero-order valence-corrected chi connectivity index (χ0v) is 27.4. The molecular formula is C32H54Br2N2O2. The zero-order chi connectivity index (χ0) is 25.5. The van der Waals surface area contributed by atoms with Crippen LogP contribution in [0.1, 0.15) is 117 Å². The minimum Gasteiger partial charge on any atom is -1.00 e. The fourth-order valence-corrected chi connectivity index (χ4v) is 4.47. The number of nitrogens with zero attached hydrogens (tertiary/aromatic N) is 2. The van der Waals surface area contributed by atoms with Gasteiger partial charge in [-0.25, -0.2) is 9.13 Å². The molecule has 218 valence electrons. The Labute approximate surface area is 255 Å². The second-order valence-electron chi connectivity index (χ2n) is 10.2. The predicted molar refractivity (Wildman–Crippen MR) is 149 cm³/mol. The maximum atomic E-state index is 5.92. The minimum absolute atomic E-state index is 0. The molecule has 0 aliphatic heterocycles. The lowest BCUT2D eigenvalue weighted by Crippen LogP contribution is -3.00. The van der Waals surface area contributed by atoms with Gasteiger partial charge in [-0.05, 0) is 38.5 Å². The summed E-state index contributed by atoms with van der Waals surface area (Å²) in [5.74, 6) is 1.96. The van der Waals surface area contributed by atoms with E-state index in [1.165, 1.54) is 89.9 Å². The number of hydrogen-bond acceptors (Lipinski definition) is 2. The molecule has 0 saturated heterocycles. The third kappa shape index (κ3) is 19.0. The summed E-state index contributed by atoms with van der Waals surface area (Å²) in [7, 11) is 0. The lowest BCUT2D eigenvalue weighted by atomic mass is 10.1. The second kappa shape index (κ2) is 26.1. The number of aromatic nitrogens is 2. The van der Waals surface area contributed by atoms with E-state index in [1.54, 1.807) is 0 Å². The maximum Gasteiger partial charge on any atom is 0.172 e. The van der Waals surface area contributed by atoms with Gasteiger partial charge in [-0.2, -0.15) is 0 Å². The molecule has 6 heteroatoms. The van der Waals surface area contributed by atoms with Crippen LogP contribution in [-0.4, -0.2) is 13.2 Å². The number of pyridine rings is 2. The second-order valence-corrected chi connectivity index (χ2v) is 10.2. The molecular weight excluding hydrogens is 604 g/mol. The highest BCUT2D eigenvalue weighted by Crippen LogP contribution is 2.11. The Kier molecular flexibility index (Phi) is 25.3. The monoisotopic (exact) mass is 656 g/mol. The van der Waals surface area contributed by atoms with Crippen molar-refractivity contribution in [2.45, 2.75) is 130 Å². The van der Waals surface area contributed by atoms with E-state index < -0.39 is 0 Å². The summed E-state index contributed by atoms with van der Waals surface area (Å²) < 4.78 is 16.4. The fraction of sp³-hybridized carbons (Fsp3) is 0.688. The van der Waals surface area contributed by atoms with Crippen molar-refractivity contribution in [3.8, 4) is 11.5 Å². The summed E-state index contributed by atoms with van der Waals surface area (Å²) in [6, 6.07) is 8.40. The first-order valence-electron chi connectivity index (χ1n) is 15.1. The van der Waals surface area contributed by atoms with E-state index in [0.29, 0.717) is 0 Å². The third-order valence-electron chi connectivity index (χ3n) is 6.84. The normalized spacial score (nSPS) is 10.5. The number of aryl methyl sites for hydroxylation is 2. The average Bonchev–Trinajstić information content (AvgIpc) is 2.91. The van der Waals surface area contributed by atoms with Crippen molar-refractivity contribution in [3.05, 3.63) is 49.1 Å². The molecule has 2 heterocycles. The molecule has 2 aromatic heterocycles. The first-order valence-corrected chi connectivity index (χ1v) is 15.1. The third-order valence-corrected chi connectivity index (χ3v) is 6.84. The van der Waals surface area contributed by atoms with Crippen molar-refractivity contribution < 1.29 is 52.6 Å². The van der Waals surface area contributed by atoms with E-state index in [1.807, 2.05) is 0 Å². The average molecular weight is 659 g/mol. The van der Waals surface area contributed by atoms with Crippen molar-refractivity contribution in [2.24, 2.45) is 0 Å². The van der Waals surface area contributed by atoms with Crippen LogP contribution in [0, 0.1) is 0 Å². The Bertz CT molecular complexity index is 692. The van der Waals surface area contributed by atoms with Gasteiger partial charge in [-0.1, -0.05) is 65.2 Å². The molecule has 0 radical (unpaired) electrons. The number of ether oxygens (including phenoxy) is 2. The largest absolute Gasteiger partial charge is 1.00 e. The summed E-state index contributed by atoms with van der Waals surface area (Å²) in [4.78, 5) is 0. The van der Waals surface area contributed by atoms with Crippen LogP contribution < -0.4 is 52.6 Å². The van der Waals surface area contributed by atoms with E-state index in [0.717, 1.165) is 50.6 Å². The van der Waals surface area contributed by atoms with E-state index in [-0.39, 0.29) is 34.0 Å². The molecule has 0 fully saturated rings. The fourth-order valence-electron chi connectivity index (χ4n) is 4.47. The summed E-state index contributed by atoms with van der Waals surface area (Å²) in [6.45, 7) is 8.34. The highest BCUT2D eigenvalue weighted by atomic mass is 79.9. The van der Waals surface area contributed by atoms with Crippen molar-refractivity contribution in [2.75, 3.05) is 13.2 Å². The highest BCUT2D eigenvalue weighted by molar-refractivity contribution is 5.15. The van der Waals surface area contributed by atoms with Crippen LogP contribution in [0.3, 0.4) is 0 Å². The van der Waals surface area contributed by atoms with Crippen LogP contribution in [0.25, 0.3) is 0 Å². The quantitative estimate of drug-likeness (QED) is 0.135. The van der Waals surface area contributed by atoms with Gasteiger partial charge >= 0.3 is 0 Å². The van der Waals surface area contributed by atoms with E-state index in [9.17, 15) is 0 Å². The van der Waals surface area contributed by atoms with E-state index in [4.69, 9.17) is 9.47 Å². The van der Waals surface area contributed by atoms with Crippen LogP contribution in [0.15, 0.2) is 49.1 Å². The molecule has 0 bridgehead atoms. The summed E-state index contributed by atoms with van der Waals surface area (Å²) in [5.41, 5.74) is 0. The first-order chi connectivity index (χ1) is 17.8. The van der Waals surface area contributed by atoms with Crippen LogP contribution in [0.4, 0.5) is 0 Å². The van der Waals surface area contributed by atoms with Crippen LogP contribution >= 0.6 is 0 Å². The van der Waals surface area contributed by atoms with E-state index in [2.05, 4.69) is 72.0 Å². The molecule has 0 aromatic carbocycles. The van der Waals surface area contributed by atoms with Crippen molar-refractivity contribution in [3.63, 3.8) is 0 Å². The lowest BCUT2D eigenvalue weighted by molar-refractivity contribution is -0.697. The zero-order valence-electron chi connectivity index (χ0n) is 24.2. The van der Waals surface area contributed by atoms with Crippen LogP contribution in [0.5, 0.6) is 11.5 Å².